The zero-order chi connectivity index (χ0) is 16.8. The quantitative estimate of drug-likeness (QED) is 0.838. The fraction of sp³-hybridized carbons (Fsp3) is 0.647. The van der Waals surface area contributed by atoms with Crippen LogP contribution in [0.1, 0.15) is 55.2 Å². The number of aliphatic hydroxyl groups excluding tert-OH is 1. The molecule has 0 unspecified atom stereocenters. The Balaban J connectivity index is 2.05. The molecule has 6 heteroatoms. The molecule has 1 aromatic rings. The average molecular weight is 383 g/mol. The Morgan fingerprint density at radius 1 is 1.26 bits per heavy atom. The average Bonchev–Trinajstić information content (AvgIpc) is 3.12. The number of nitrogens with zero attached hydrogens (tertiary/aromatic N) is 2. The molecule has 126 valence electrons. The van der Waals surface area contributed by atoms with E-state index in [4.69, 9.17) is 0 Å². The highest BCUT2D eigenvalue weighted by Crippen LogP contribution is 2.49. The molecule has 1 aromatic heterocycles. The molecule has 1 aliphatic heterocycles. The van der Waals surface area contributed by atoms with E-state index in [1.807, 2.05) is 6.92 Å². The van der Waals surface area contributed by atoms with Crippen LogP contribution in [0.4, 0.5) is 5.69 Å². The fourth-order valence-electron chi connectivity index (χ4n) is 4.24. The topological polar surface area (TPSA) is 73.7 Å². The van der Waals surface area contributed by atoms with Crippen molar-refractivity contribution in [3.63, 3.8) is 0 Å². The summed E-state index contributed by atoms with van der Waals surface area (Å²) in [4.78, 5) is 18.0. The molecule has 2 N–H and O–H groups in total. The molecule has 3 rings (SSSR count). The lowest BCUT2D eigenvalue weighted by Crippen LogP contribution is -2.28. The minimum Gasteiger partial charge on any atom is -0.479 e. The molecule has 0 radical (unpaired) electrons. The van der Waals surface area contributed by atoms with Crippen molar-refractivity contribution in [2.24, 2.45) is 5.41 Å². The molecule has 0 bridgehead atoms. The molecule has 1 aliphatic carbocycles. The summed E-state index contributed by atoms with van der Waals surface area (Å²) >= 11 is 3.58. The molecule has 2 fully saturated rings. The third-order valence-corrected chi connectivity index (χ3v) is 6.38. The van der Waals surface area contributed by atoms with Gasteiger partial charge in [-0.05, 0) is 54.5 Å². The molecule has 1 atom stereocenters. The molecule has 0 amide bonds. The highest BCUT2D eigenvalue weighted by molar-refractivity contribution is 9.10. The van der Waals surface area contributed by atoms with E-state index in [0.29, 0.717) is 16.7 Å². The van der Waals surface area contributed by atoms with Gasteiger partial charge in [-0.25, -0.2) is 4.79 Å². The van der Waals surface area contributed by atoms with Crippen molar-refractivity contribution in [1.29, 1.82) is 0 Å². The molecule has 1 saturated carbocycles. The van der Waals surface area contributed by atoms with E-state index in [2.05, 4.69) is 25.8 Å². The lowest BCUT2D eigenvalue weighted by molar-refractivity contribution is -0.147. The molecule has 1 spiro atoms. The molecular formula is C17H23BrN2O3. The number of aryl methyl sites for hydroxylation is 2. The number of halogens is 1. The van der Waals surface area contributed by atoms with E-state index in [1.54, 1.807) is 6.92 Å². The van der Waals surface area contributed by atoms with Crippen molar-refractivity contribution < 1.29 is 15.0 Å². The van der Waals surface area contributed by atoms with E-state index in [1.165, 1.54) is 25.7 Å². The van der Waals surface area contributed by atoms with Gasteiger partial charge in [0.1, 0.15) is 0 Å². The van der Waals surface area contributed by atoms with Gasteiger partial charge in [0.05, 0.1) is 15.9 Å². The van der Waals surface area contributed by atoms with Crippen LogP contribution in [-0.2, 0) is 4.79 Å². The molecule has 2 heterocycles. The van der Waals surface area contributed by atoms with Gasteiger partial charge in [-0.15, -0.1) is 0 Å². The Kier molecular flexibility index (Phi) is 4.40. The van der Waals surface area contributed by atoms with Gasteiger partial charge in [-0.3, -0.25) is 4.98 Å². The van der Waals surface area contributed by atoms with Gasteiger partial charge in [0.25, 0.3) is 0 Å². The van der Waals surface area contributed by atoms with Crippen LogP contribution in [0.5, 0.6) is 0 Å². The van der Waals surface area contributed by atoms with Crippen LogP contribution >= 0.6 is 15.9 Å². The minimum absolute atomic E-state index is 0.371. The van der Waals surface area contributed by atoms with Crippen LogP contribution < -0.4 is 4.90 Å². The number of aliphatic hydroxyl groups is 1. The molecule has 5 nitrogen and oxygen atoms in total. The van der Waals surface area contributed by atoms with Crippen LogP contribution in [0.15, 0.2) is 4.47 Å². The molecule has 0 aromatic carbocycles. The zero-order valence-corrected chi connectivity index (χ0v) is 15.2. The van der Waals surface area contributed by atoms with Crippen molar-refractivity contribution in [3.05, 3.63) is 21.4 Å². The number of carboxylic acids is 1. The van der Waals surface area contributed by atoms with Crippen molar-refractivity contribution in [1.82, 2.24) is 4.98 Å². The molecule has 2 aliphatic rings. The maximum Gasteiger partial charge on any atom is 0.337 e. The first-order valence-corrected chi connectivity index (χ1v) is 8.96. The van der Waals surface area contributed by atoms with Gasteiger partial charge in [0.2, 0.25) is 0 Å². The fourth-order valence-corrected chi connectivity index (χ4v) is 4.79. The summed E-state index contributed by atoms with van der Waals surface area (Å²) in [5.74, 6) is -1.23. The Hall–Kier alpha value is -1.14. The van der Waals surface area contributed by atoms with E-state index in [-0.39, 0.29) is 0 Å². The number of hydrogen-bond donors (Lipinski definition) is 2. The lowest BCUT2D eigenvalue weighted by Gasteiger charge is -2.29. The highest BCUT2D eigenvalue weighted by Gasteiger charge is 2.42. The van der Waals surface area contributed by atoms with Crippen molar-refractivity contribution in [2.75, 3.05) is 18.0 Å². The number of pyridine rings is 1. The van der Waals surface area contributed by atoms with Crippen LogP contribution in [0.2, 0.25) is 0 Å². The third-order valence-electron chi connectivity index (χ3n) is 5.43. The van der Waals surface area contributed by atoms with E-state index in [9.17, 15) is 15.0 Å². The molecule has 23 heavy (non-hydrogen) atoms. The Morgan fingerprint density at radius 2 is 1.91 bits per heavy atom. The second-order valence-corrected chi connectivity index (χ2v) is 7.77. The zero-order valence-electron chi connectivity index (χ0n) is 13.6. The summed E-state index contributed by atoms with van der Waals surface area (Å²) in [5.41, 5.74) is 3.02. The summed E-state index contributed by atoms with van der Waals surface area (Å²) < 4.78 is 0.799. The van der Waals surface area contributed by atoms with Crippen LogP contribution in [0.25, 0.3) is 0 Å². The van der Waals surface area contributed by atoms with Crippen molar-refractivity contribution >= 4 is 27.6 Å². The third kappa shape index (κ3) is 2.87. The second kappa shape index (κ2) is 6.06. The highest BCUT2D eigenvalue weighted by atomic mass is 79.9. The van der Waals surface area contributed by atoms with E-state index < -0.39 is 12.1 Å². The summed E-state index contributed by atoms with van der Waals surface area (Å²) in [5, 5.41) is 19.5. The predicted molar refractivity (Wildman–Crippen MR) is 91.7 cm³/mol. The smallest absolute Gasteiger partial charge is 0.337 e. The number of carbonyl (C=O) groups is 1. The Labute approximate surface area is 144 Å². The maximum absolute atomic E-state index is 11.4. The van der Waals surface area contributed by atoms with Crippen molar-refractivity contribution in [2.45, 2.75) is 52.1 Å². The Bertz CT molecular complexity index is 641. The number of aliphatic carboxylic acids is 1. The first-order valence-electron chi connectivity index (χ1n) is 8.17. The molecule has 1 saturated heterocycles. The SMILES string of the molecule is Cc1nc(C)c([C@H](O)C(=O)O)c(N2CCC3(CCCC3)C2)c1Br. The normalized spacial score (nSPS) is 21.1. The number of aromatic nitrogens is 1. The number of rotatable bonds is 3. The Morgan fingerprint density at radius 3 is 2.52 bits per heavy atom. The van der Waals surface area contributed by atoms with Crippen LogP contribution in [-0.4, -0.2) is 34.3 Å². The summed E-state index contributed by atoms with van der Waals surface area (Å²) in [6.45, 7) is 5.51. The first kappa shape index (κ1) is 16.7. The van der Waals surface area contributed by atoms with Gasteiger partial charge in [0.15, 0.2) is 6.10 Å². The number of hydrogen-bond acceptors (Lipinski definition) is 4. The number of anilines is 1. The van der Waals surface area contributed by atoms with Crippen LogP contribution in [0, 0.1) is 19.3 Å². The van der Waals surface area contributed by atoms with E-state index >= 15 is 0 Å². The maximum atomic E-state index is 11.4. The van der Waals surface area contributed by atoms with Gasteiger partial charge in [-0.2, -0.15) is 0 Å². The van der Waals surface area contributed by atoms with Crippen LogP contribution in [0.3, 0.4) is 0 Å². The van der Waals surface area contributed by atoms with Gasteiger partial charge in [-0.1, -0.05) is 12.8 Å². The van der Waals surface area contributed by atoms with E-state index in [0.717, 1.165) is 35.4 Å². The largest absolute Gasteiger partial charge is 0.479 e. The van der Waals surface area contributed by atoms with Crippen molar-refractivity contribution in [3.8, 4) is 0 Å². The molecular weight excluding hydrogens is 360 g/mol. The summed E-state index contributed by atoms with van der Waals surface area (Å²) in [6, 6.07) is 0. The summed E-state index contributed by atoms with van der Waals surface area (Å²) in [6.07, 6.45) is 4.67. The monoisotopic (exact) mass is 382 g/mol. The van der Waals surface area contributed by atoms with Gasteiger partial charge in [0, 0.05) is 24.3 Å². The number of carboxylic acid groups (broad SMARTS) is 1. The summed E-state index contributed by atoms with van der Waals surface area (Å²) in [7, 11) is 0. The lowest BCUT2D eigenvalue weighted by atomic mass is 9.86. The van der Waals surface area contributed by atoms with Gasteiger partial charge < -0.3 is 15.1 Å². The first-order chi connectivity index (χ1) is 10.8. The predicted octanol–water partition coefficient (Wildman–Crippen LogP) is 3.35. The minimum atomic E-state index is -1.55. The van der Waals surface area contributed by atoms with Gasteiger partial charge >= 0.3 is 5.97 Å². The second-order valence-electron chi connectivity index (χ2n) is 6.98. The standard InChI is InChI=1S/C17H23BrN2O3/c1-10-12(15(21)16(22)23)14(13(18)11(2)19-10)20-8-7-17(9-20)5-3-4-6-17/h15,21H,3-9H2,1-2H3,(H,22,23)/t15-/m0/s1.